The molecule has 0 aliphatic heterocycles. The van der Waals surface area contributed by atoms with Crippen molar-refractivity contribution in [1.29, 1.82) is 5.41 Å². The summed E-state index contributed by atoms with van der Waals surface area (Å²) in [5.41, 5.74) is 5.99. The number of nitrogens with two attached hydrogens (primary N) is 1. The van der Waals surface area contributed by atoms with Gasteiger partial charge in [0.25, 0.3) is 11.3 Å². The second-order valence-corrected chi connectivity index (χ2v) is 4.49. The third kappa shape index (κ3) is 2.08. The molecule has 2 aromatic heterocycles. The first-order valence-electron chi connectivity index (χ1n) is 6.45. The fourth-order valence-electron chi connectivity index (χ4n) is 2.06. The van der Waals surface area contributed by atoms with Gasteiger partial charge in [-0.1, -0.05) is 0 Å². The number of esters is 1. The minimum absolute atomic E-state index is 0.102. The van der Waals surface area contributed by atoms with Crippen molar-refractivity contribution in [3.05, 3.63) is 39.8 Å². The lowest BCUT2D eigenvalue weighted by Gasteiger charge is -2.01. The molecule has 112 valence electrons. The number of rotatable bonds is 3. The standard InChI is InChI=1S/C13H12N6O3/c1-2-22-12(21)9-11(20)18-19-8-5-6(10(14)15)3-4-7(8)16-13(19)17-9/h3-5H,2H2,1H3,(H3,14,15)(H,18,20). The Balaban J connectivity index is 2.27. The van der Waals surface area contributed by atoms with Crippen molar-refractivity contribution in [2.45, 2.75) is 6.92 Å². The molecule has 9 nitrogen and oxygen atoms in total. The van der Waals surface area contributed by atoms with E-state index in [0.29, 0.717) is 16.6 Å². The number of aromatic amines is 1. The van der Waals surface area contributed by atoms with E-state index in [9.17, 15) is 9.59 Å². The Hall–Kier alpha value is -3.23. The smallest absolute Gasteiger partial charge is 0.362 e. The summed E-state index contributed by atoms with van der Waals surface area (Å²) in [5, 5.41) is 9.96. The summed E-state index contributed by atoms with van der Waals surface area (Å²) < 4.78 is 6.12. The summed E-state index contributed by atoms with van der Waals surface area (Å²) in [6.45, 7) is 1.78. The number of H-pyrrole nitrogens is 1. The third-order valence-electron chi connectivity index (χ3n) is 3.06. The van der Waals surface area contributed by atoms with Gasteiger partial charge in [0.05, 0.1) is 17.6 Å². The summed E-state index contributed by atoms with van der Waals surface area (Å²) in [6.07, 6.45) is 0. The monoisotopic (exact) mass is 300 g/mol. The van der Waals surface area contributed by atoms with Gasteiger partial charge in [-0.3, -0.25) is 15.3 Å². The highest BCUT2D eigenvalue weighted by atomic mass is 16.5. The quantitative estimate of drug-likeness (QED) is 0.354. The normalized spacial score (nSPS) is 11.0. The minimum Gasteiger partial charge on any atom is -0.461 e. The van der Waals surface area contributed by atoms with Crippen molar-refractivity contribution in [2.75, 3.05) is 6.61 Å². The van der Waals surface area contributed by atoms with Crippen molar-refractivity contribution in [1.82, 2.24) is 19.6 Å². The van der Waals surface area contributed by atoms with Gasteiger partial charge < -0.3 is 10.5 Å². The van der Waals surface area contributed by atoms with Crippen LogP contribution in [-0.2, 0) is 4.74 Å². The molecule has 3 rings (SSSR count). The number of aromatic nitrogens is 4. The molecule has 3 aromatic rings. The molecule has 0 saturated carbocycles. The predicted molar refractivity (Wildman–Crippen MR) is 78.1 cm³/mol. The SMILES string of the molecule is CCOC(=O)c1nc2nc3ccc(C(=N)N)cc3n2[nH]c1=O. The summed E-state index contributed by atoms with van der Waals surface area (Å²) in [7, 11) is 0. The van der Waals surface area contributed by atoms with Gasteiger partial charge in [-0.15, -0.1) is 0 Å². The van der Waals surface area contributed by atoms with Gasteiger partial charge in [0, 0.05) is 5.56 Å². The van der Waals surface area contributed by atoms with Crippen LogP contribution in [0.4, 0.5) is 0 Å². The summed E-state index contributed by atoms with van der Waals surface area (Å²) in [4.78, 5) is 31.8. The number of fused-ring (bicyclic) bond motifs is 3. The van der Waals surface area contributed by atoms with Gasteiger partial charge in [0.2, 0.25) is 5.69 Å². The van der Waals surface area contributed by atoms with Crippen LogP contribution in [0.5, 0.6) is 0 Å². The summed E-state index contributed by atoms with van der Waals surface area (Å²) >= 11 is 0. The Morgan fingerprint density at radius 2 is 2.23 bits per heavy atom. The van der Waals surface area contributed by atoms with E-state index in [1.54, 1.807) is 25.1 Å². The van der Waals surface area contributed by atoms with Crippen molar-refractivity contribution < 1.29 is 9.53 Å². The van der Waals surface area contributed by atoms with E-state index in [0.717, 1.165) is 0 Å². The number of nitrogens with zero attached hydrogens (tertiary/aromatic N) is 3. The number of nitrogen functional groups attached to an aromatic ring is 1. The first kappa shape index (κ1) is 13.7. The molecule has 0 spiro atoms. The molecular formula is C13H12N6O3. The maximum Gasteiger partial charge on any atom is 0.362 e. The lowest BCUT2D eigenvalue weighted by Crippen LogP contribution is -2.24. The number of imidazole rings is 1. The zero-order valence-corrected chi connectivity index (χ0v) is 11.6. The number of hydrogen-bond acceptors (Lipinski definition) is 6. The lowest BCUT2D eigenvalue weighted by atomic mass is 10.2. The molecular weight excluding hydrogens is 288 g/mol. The zero-order chi connectivity index (χ0) is 15.9. The molecule has 0 aliphatic carbocycles. The number of amidine groups is 1. The van der Waals surface area contributed by atoms with E-state index in [1.807, 2.05) is 0 Å². The molecule has 4 N–H and O–H groups in total. The fourth-order valence-corrected chi connectivity index (χ4v) is 2.06. The van der Waals surface area contributed by atoms with Gasteiger partial charge in [-0.05, 0) is 25.1 Å². The number of nitrogens with one attached hydrogen (secondary N) is 2. The number of ether oxygens (including phenoxy) is 1. The van der Waals surface area contributed by atoms with Crippen molar-refractivity contribution in [3.8, 4) is 0 Å². The van der Waals surface area contributed by atoms with E-state index in [2.05, 4.69) is 15.1 Å². The lowest BCUT2D eigenvalue weighted by molar-refractivity contribution is 0.0517. The topological polar surface area (TPSA) is 139 Å². The predicted octanol–water partition coefficient (Wildman–Crippen LogP) is 0.0316. The Kier molecular flexibility index (Phi) is 3.09. The van der Waals surface area contributed by atoms with Crippen LogP contribution in [0.25, 0.3) is 16.8 Å². The molecule has 1 aromatic carbocycles. The second-order valence-electron chi connectivity index (χ2n) is 4.49. The molecule has 22 heavy (non-hydrogen) atoms. The molecule has 0 amide bonds. The summed E-state index contributed by atoms with van der Waals surface area (Å²) in [6, 6.07) is 4.91. The minimum atomic E-state index is -0.803. The number of carbonyl (C=O) groups excluding carboxylic acids is 1. The first-order valence-corrected chi connectivity index (χ1v) is 6.45. The average Bonchev–Trinajstić information content (AvgIpc) is 2.83. The van der Waals surface area contributed by atoms with E-state index in [-0.39, 0.29) is 23.9 Å². The molecule has 9 heteroatoms. The van der Waals surface area contributed by atoms with E-state index in [4.69, 9.17) is 15.9 Å². The van der Waals surface area contributed by atoms with E-state index < -0.39 is 11.5 Å². The first-order chi connectivity index (χ1) is 10.5. The van der Waals surface area contributed by atoms with Gasteiger partial charge in [0.1, 0.15) is 5.84 Å². The molecule has 0 saturated heterocycles. The highest BCUT2D eigenvalue weighted by Crippen LogP contribution is 2.15. The van der Waals surface area contributed by atoms with Gasteiger partial charge >= 0.3 is 5.97 Å². The third-order valence-corrected chi connectivity index (χ3v) is 3.06. The Morgan fingerprint density at radius 3 is 2.91 bits per heavy atom. The van der Waals surface area contributed by atoms with E-state index >= 15 is 0 Å². The van der Waals surface area contributed by atoms with Crippen LogP contribution in [-0.4, -0.2) is 38.0 Å². The maximum absolute atomic E-state index is 12.0. The molecule has 0 bridgehead atoms. The average molecular weight is 300 g/mol. The Bertz CT molecular complexity index is 971. The molecule has 0 unspecified atom stereocenters. The molecule has 0 radical (unpaired) electrons. The van der Waals surface area contributed by atoms with Crippen LogP contribution in [0, 0.1) is 5.41 Å². The van der Waals surface area contributed by atoms with Gasteiger partial charge in [0.15, 0.2) is 0 Å². The van der Waals surface area contributed by atoms with Crippen LogP contribution in [0.2, 0.25) is 0 Å². The van der Waals surface area contributed by atoms with Gasteiger partial charge in [-0.2, -0.15) is 4.98 Å². The molecule has 0 aliphatic rings. The molecule has 0 fully saturated rings. The highest BCUT2D eigenvalue weighted by molar-refractivity contribution is 5.98. The Labute approximate surface area is 123 Å². The van der Waals surface area contributed by atoms with Crippen LogP contribution < -0.4 is 11.3 Å². The van der Waals surface area contributed by atoms with Crippen LogP contribution in [0.3, 0.4) is 0 Å². The van der Waals surface area contributed by atoms with Crippen molar-refractivity contribution in [2.24, 2.45) is 5.73 Å². The molecule has 2 heterocycles. The summed E-state index contributed by atoms with van der Waals surface area (Å²) in [5.74, 6) is -0.753. The zero-order valence-electron chi connectivity index (χ0n) is 11.6. The number of carbonyl (C=O) groups is 1. The number of benzene rings is 1. The van der Waals surface area contributed by atoms with Crippen molar-refractivity contribution >= 4 is 28.6 Å². The molecule has 0 atom stereocenters. The van der Waals surface area contributed by atoms with E-state index in [1.165, 1.54) is 4.52 Å². The van der Waals surface area contributed by atoms with Crippen molar-refractivity contribution in [3.63, 3.8) is 0 Å². The maximum atomic E-state index is 12.0. The van der Waals surface area contributed by atoms with Crippen LogP contribution in [0.1, 0.15) is 23.0 Å². The second kappa shape index (κ2) is 4.95. The fraction of sp³-hybridized carbons (Fsp3) is 0.154. The highest BCUT2D eigenvalue weighted by Gasteiger charge is 2.17. The largest absolute Gasteiger partial charge is 0.461 e. The number of hydrogen-bond donors (Lipinski definition) is 3. The van der Waals surface area contributed by atoms with Crippen LogP contribution in [0.15, 0.2) is 23.0 Å². The Morgan fingerprint density at radius 1 is 1.45 bits per heavy atom. The van der Waals surface area contributed by atoms with Gasteiger partial charge in [-0.25, -0.2) is 14.3 Å². The van der Waals surface area contributed by atoms with Crippen LogP contribution >= 0.6 is 0 Å².